The van der Waals surface area contributed by atoms with Gasteiger partial charge in [-0.25, -0.2) is 26.3 Å². The second-order valence-electron chi connectivity index (χ2n) is 24.9. The van der Waals surface area contributed by atoms with Crippen LogP contribution in [0.4, 0.5) is 72.4 Å². The SMILES string of the molecule is Cc1c(O)cccc1Oc1cc(=O)n(C)c(Nc2ccc(I)cc2F)c1C(N)=O.Cc1cc(F)ccc1Oc1cc(=O)n(C)c(Nc2ccc(I)cc2F)c1C(N)=O.Cc1ccc(F)cc1Oc1cc(=O)n(C)c(Nc2ccc(I)cc2F)c1C(N)=O.Cc1ccccc1Oc1cc(=O)n(C)c(Nc2ccc(I)cc2F)c1C(N)=O. The molecule has 13 N–H and O–H groups in total. The summed E-state index contributed by atoms with van der Waals surface area (Å²) in [5.74, 6) is -6.08. The Bertz CT molecular complexity index is 5990. The quantitative estimate of drug-likeness (QED) is 0.0253. The Balaban J connectivity index is 0.000000175. The van der Waals surface area contributed by atoms with Gasteiger partial charge in [0.15, 0.2) is 0 Å². The molecule has 594 valence electrons. The van der Waals surface area contributed by atoms with Crippen LogP contribution >= 0.6 is 90.4 Å². The van der Waals surface area contributed by atoms with E-state index in [0.717, 1.165) is 43.5 Å². The first-order chi connectivity index (χ1) is 54.3. The zero-order chi connectivity index (χ0) is 84.3. The average Bonchev–Trinajstić information content (AvgIpc) is 0.793. The maximum absolute atomic E-state index is 14.3. The molecule has 0 saturated carbocycles. The lowest BCUT2D eigenvalue weighted by molar-refractivity contribution is 0.0989. The number of nitrogens with two attached hydrogens (primary N) is 4. The summed E-state index contributed by atoms with van der Waals surface area (Å²) < 4.78 is 114. The highest BCUT2D eigenvalue weighted by atomic mass is 127. The molecule has 0 radical (unpaired) electrons. The number of amides is 4. The fourth-order valence-electron chi connectivity index (χ4n) is 10.7. The predicted octanol–water partition coefficient (Wildman–Crippen LogP) is 16.3. The summed E-state index contributed by atoms with van der Waals surface area (Å²) in [6, 6.07) is 41.8. The molecule has 0 atom stereocenters. The molecular weight excluding hydrogens is 1960 g/mol. The van der Waals surface area contributed by atoms with Crippen molar-refractivity contribution < 1.29 is 69.6 Å². The zero-order valence-corrected chi connectivity index (χ0v) is 70.1. The lowest BCUT2D eigenvalue weighted by Gasteiger charge is -2.19. The third-order valence-electron chi connectivity index (χ3n) is 16.9. The van der Waals surface area contributed by atoms with Gasteiger partial charge in [-0.05, 0) is 250 Å². The van der Waals surface area contributed by atoms with Crippen molar-refractivity contribution in [1.29, 1.82) is 0 Å². The third-order valence-corrected chi connectivity index (χ3v) is 19.5. The lowest BCUT2D eigenvalue weighted by Crippen LogP contribution is -2.25. The highest BCUT2D eigenvalue weighted by molar-refractivity contribution is 14.1. The number of aryl methyl sites for hydroxylation is 3. The van der Waals surface area contributed by atoms with E-state index in [1.165, 1.54) is 124 Å². The van der Waals surface area contributed by atoms with Gasteiger partial charge in [-0.1, -0.05) is 30.3 Å². The van der Waals surface area contributed by atoms with E-state index in [9.17, 15) is 69.8 Å². The molecule has 115 heavy (non-hydrogen) atoms. The molecule has 0 aliphatic carbocycles. The molecule has 35 heteroatoms. The van der Waals surface area contributed by atoms with Gasteiger partial charge in [-0.15, -0.1) is 0 Å². The van der Waals surface area contributed by atoms with E-state index in [2.05, 4.69) is 21.3 Å². The highest BCUT2D eigenvalue weighted by Crippen LogP contribution is 2.39. The maximum Gasteiger partial charge on any atom is 0.256 e. The number of aromatic hydroxyl groups is 1. The normalized spacial score (nSPS) is 10.6. The number of halogens is 10. The maximum atomic E-state index is 14.3. The van der Waals surface area contributed by atoms with E-state index < -0.39 is 80.8 Å². The zero-order valence-electron chi connectivity index (χ0n) is 61.5. The van der Waals surface area contributed by atoms with Crippen LogP contribution in [0.25, 0.3) is 0 Å². The van der Waals surface area contributed by atoms with Crippen molar-refractivity contribution in [2.75, 3.05) is 21.3 Å². The van der Waals surface area contributed by atoms with Crippen LogP contribution in [0.15, 0.2) is 195 Å². The Labute approximate surface area is 704 Å². The molecule has 0 bridgehead atoms. The van der Waals surface area contributed by atoms with Gasteiger partial charge in [0.25, 0.3) is 45.9 Å². The molecular formula is C80H66F6I4N12O13. The molecule has 0 unspecified atom stereocenters. The minimum Gasteiger partial charge on any atom is -0.508 e. The van der Waals surface area contributed by atoms with Gasteiger partial charge in [-0.3, -0.25) is 56.6 Å². The van der Waals surface area contributed by atoms with Crippen molar-refractivity contribution in [2.45, 2.75) is 27.7 Å². The number of pyridine rings is 4. The first-order valence-corrected chi connectivity index (χ1v) is 37.7. The van der Waals surface area contributed by atoms with Crippen LogP contribution in [0.5, 0.6) is 51.7 Å². The number of hydrogen-bond acceptors (Lipinski definition) is 17. The van der Waals surface area contributed by atoms with Gasteiger partial charge in [-0.2, -0.15) is 0 Å². The number of nitrogens with zero attached hydrogens (tertiary/aromatic N) is 4. The number of anilines is 8. The Morgan fingerprint density at radius 3 is 0.939 bits per heavy atom. The molecule has 0 aliphatic rings. The number of primary amides is 4. The third kappa shape index (κ3) is 21.3. The first-order valence-electron chi connectivity index (χ1n) is 33.4. The number of ether oxygens (including phenoxy) is 4. The first kappa shape index (κ1) is 87.1. The van der Waals surface area contributed by atoms with E-state index >= 15 is 0 Å². The Hall–Kier alpha value is -11.9. The number of hydrogen-bond donors (Lipinski definition) is 9. The van der Waals surface area contributed by atoms with Crippen molar-refractivity contribution in [1.82, 2.24) is 18.3 Å². The van der Waals surface area contributed by atoms with E-state index in [1.54, 1.807) is 69.3 Å². The van der Waals surface area contributed by atoms with Gasteiger partial charge in [0, 0.05) is 78.4 Å². The number of nitrogens with one attached hydrogen (secondary N) is 4. The molecule has 0 saturated heterocycles. The standard InChI is InChI=1S/2C20H16F2IN3O3.C20H17FIN3O4.C20H17FIN3O3/c1-10-7-11(21)3-6-15(10)29-16-9-17(27)26(2)20(18(16)19(24)28)25-14-5-4-12(23)8-13(14)22;1-10-3-4-11(21)7-15(10)29-16-9-17(27)26(2)20(18(16)19(24)28)25-14-6-5-12(23)8-13(14)22;1-10-14(26)4-3-5-15(10)29-16-9-17(27)25(2)20(18(16)19(23)28)24-13-7-6-11(22)8-12(13)21;1-11-5-3-4-6-15(11)28-16-10-17(26)25(2)20(18(16)19(23)27)24-14-8-7-12(22)9-13(14)21/h2*3-9,25H,1-2H3,(H2,24,28);3-9,24,26H,1-2H3,(H2,23,28);3-10,24H,1-2H3,(H2,23,27). The number of phenolic OH excluding ortho intramolecular Hbond substituents is 1. The molecule has 0 fully saturated rings. The number of aromatic nitrogens is 4. The van der Waals surface area contributed by atoms with Gasteiger partial charge >= 0.3 is 0 Å². The molecule has 4 amide bonds. The summed E-state index contributed by atoms with van der Waals surface area (Å²) >= 11 is 7.87. The Kier molecular flexibility index (Phi) is 28.7. The van der Waals surface area contributed by atoms with E-state index in [1.807, 2.05) is 109 Å². The smallest absolute Gasteiger partial charge is 0.256 e. The van der Waals surface area contributed by atoms with Crippen LogP contribution < -0.4 is 85.4 Å². The van der Waals surface area contributed by atoms with Crippen molar-refractivity contribution >= 4 is 160 Å². The van der Waals surface area contributed by atoms with Gasteiger partial charge in [0.1, 0.15) is 132 Å². The summed E-state index contributed by atoms with van der Waals surface area (Å²) in [6.07, 6.45) is 0. The molecule has 12 rings (SSSR count). The highest BCUT2D eigenvalue weighted by Gasteiger charge is 2.28. The van der Waals surface area contributed by atoms with E-state index in [4.69, 9.17) is 41.9 Å². The molecule has 0 spiro atoms. The van der Waals surface area contributed by atoms with Crippen LogP contribution in [0.2, 0.25) is 0 Å². The number of phenols is 1. The monoisotopic (exact) mass is 2020 g/mol. The van der Waals surface area contributed by atoms with Crippen molar-refractivity contribution in [3.05, 3.63) is 311 Å². The van der Waals surface area contributed by atoms with Crippen molar-refractivity contribution in [3.8, 4) is 51.7 Å². The van der Waals surface area contributed by atoms with Crippen LogP contribution in [0.3, 0.4) is 0 Å². The molecule has 8 aromatic carbocycles. The summed E-state index contributed by atoms with van der Waals surface area (Å²) in [7, 11) is 5.69. The van der Waals surface area contributed by atoms with Crippen LogP contribution in [-0.2, 0) is 28.2 Å². The van der Waals surface area contributed by atoms with Crippen LogP contribution in [-0.4, -0.2) is 47.0 Å². The van der Waals surface area contributed by atoms with Crippen LogP contribution in [0, 0.1) is 76.9 Å². The fourth-order valence-corrected chi connectivity index (χ4v) is 12.5. The predicted molar refractivity (Wildman–Crippen MR) is 457 cm³/mol. The number of carbonyl (C=O) groups is 4. The van der Waals surface area contributed by atoms with Gasteiger partial charge in [0.05, 0.1) is 22.7 Å². The topological polar surface area (TPSA) is 366 Å². The minimum atomic E-state index is -0.905. The number of para-hydroxylation sites is 1. The van der Waals surface area contributed by atoms with Gasteiger partial charge < -0.3 is 68.3 Å². The van der Waals surface area contributed by atoms with E-state index in [-0.39, 0.29) is 114 Å². The lowest BCUT2D eigenvalue weighted by atomic mass is 10.1. The summed E-state index contributed by atoms with van der Waals surface area (Å²) in [5.41, 5.74) is 22.2. The number of benzene rings is 8. The average molecular weight is 2030 g/mol. The molecule has 4 aromatic heterocycles. The molecule has 0 aliphatic heterocycles. The Morgan fingerprint density at radius 1 is 0.330 bits per heavy atom. The Morgan fingerprint density at radius 2 is 0.617 bits per heavy atom. The summed E-state index contributed by atoms with van der Waals surface area (Å²) in [6.45, 7) is 6.75. The second kappa shape index (κ2) is 37.9. The largest absolute Gasteiger partial charge is 0.508 e. The molecule has 12 aromatic rings. The van der Waals surface area contributed by atoms with E-state index in [0.29, 0.717) is 36.7 Å². The number of carbonyl (C=O) groups excluding carboxylic acids is 4. The fraction of sp³-hybridized carbons (Fsp3) is 0.100. The number of rotatable bonds is 20. The second-order valence-corrected chi connectivity index (χ2v) is 29.8. The van der Waals surface area contributed by atoms with Gasteiger partial charge in [0.2, 0.25) is 0 Å². The summed E-state index contributed by atoms with van der Waals surface area (Å²) in [4.78, 5) is 98.6. The molecule has 4 heterocycles. The van der Waals surface area contributed by atoms with Crippen LogP contribution in [0.1, 0.15) is 63.7 Å². The van der Waals surface area contributed by atoms with Crippen molar-refractivity contribution in [3.63, 3.8) is 0 Å². The van der Waals surface area contributed by atoms with Crippen molar-refractivity contribution in [2.24, 2.45) is 51.1 Å². The summed E-state index contributed by atoms with van der Waals surface area (Å²) in [5, 5.41) is 20.9. The minimum absolute atomic E-state index is 0.00156. The molecule has 25 nitrogen and oxygen atoms in total.